The van der Waals surface area contributed by atoms with Gasteiger partial charge in [0.2, 0.25) is 17.7 Å². The molecule has 0 radical (unpaired) electrons. The number of imide groups is 1. The van der Waals surface area contributed by atoms with Gasteiger partial charge in [0.1, 0.15) is 0 Å². The van der Waals surface area contributed by atoms with Crippen LogP contribution in [0.15, 0.2) is 24.3 Å². The van der Waals surface area contributed by atoms with Crippen molar-refractivity contribution in [2.24, 2.45) is 5.92 Å². The van der Waals surface area contributed by atoms with Gasteiger partial charge in [0.05, 0.1) is 0 Å². The third-order valence-corrected chi connectivity index (χ3v) is 5.49. The Morgan fingerprint density at radius 2 is 1.65 bits per heavy atom. The molecule has 3 rings (SSSR count). The lowest BCUT2D eigenvalue weighted by Gasteiger charge is -2.22. The molecule has 2 aliphatic rings. The van der Waals surface area contributed by atoms with Crippen molar-refractivity contribution < 1.29 is 14.4 Å². The Morgan fingerprint density at radius 3 is 2.31 bits per heavy atom. The summed E-state index contributed by atoms with van der Waals surface area (Å²) < 4.78 is 0. The lowest BCUT2D eigenvalue weighted by atomic mass is 9.84. The molecule has 1 aromatic carbocycles. The monoisotopic (exact) mass is 356 g/mol. The van der Waals surface area contributed by atoms with Crippen molar-refractivity contribution in [3.8, 4) is 0 Å². The molecule has 1 aromatic rings. The van der Waals surface area contributed by atoms with E-state index in [-0.39, 0.29) is 42.9 Å². The Labute approximate surface area is 154 Å². The zero-order valence-corrected chi connectivity index (χ0v) is 15.3. The molecule has 1 heterocycles. The van der Waals surface area contributed by atoms with Gasteiger partial charge in [-0.1, -0.05) is 43.5 Å². The fraction of sp³-hybridized carbons (Fsp3) is 0.571. The maximum Gasteiger partial charge on any atom is 0.226 e. The second-order valence-corrected chi connectivity index (χ2v) is 7.63. The minimum atomic E-state index is -0.280. The standard InChI is InChI=1S/C21H28N2O3/c24-19(12-16-13-20(25)23-21(26)14-16)22-11-10-15-6-8-18(9-7-15)17-4-2-1-3-5-17/h6-9,16-17H,1-5,10-14H2,(H,22,24)(H,23,25,26). The van der Waals surface area contributed by atoms with Crippen molar-refractivity contribution in [2.45, 2.75) is 63.7 Å². The van der Waals surface area contributed by atoms with Crippen molar-refractivity contribution in [1.82, 2.24) is 10.6 Å². The highest BCUT2D eigenvalue weighted by atomic mass is 16.2. The molecule has 0 bridgehead atoms. The van der Waals surface area contributed by atoms with Gasteiger partial charge in [-0.3, -0.25) is 19.7 Å². The smallest absolute Gasteiger partial charge is 0.226 e. The summed E-state index contributed by atoms with van der Waals surface area (Å²) in [5, 5.41) is 5.17. The zero-order chi connectivity index (χ0) is 18.4. The Bertz CT molecular complexity index is 632. The number of hydrogen-bond acceptors (Lipinski definition) is 3. The van der Waals surface area contributed by atoms with E-state index in [0.29, 0.717) is 12.5 Å². The first-order chi connectivity index (χ1) is 12.6. The van der Waals surface area contributed by atoms with Crippen molar-refractivity contribution in [2.75, 3.05) is 6.54 Å². The van der Waals surface area contributed by atoms with Gasteiger partial charge in [-0.2, -0.15) is 0 Å². The number of rotatable bonds is 6. The van der Waals surface area contributed by atoms with Gasteiger partial charge in [-0.25, -0.2) is 0 Å². The molecule has 1 saturated heterocycles. The van der Waals surface area contributed by atoms with Crippen LogP contribution in [0, 0.1) is 5.92 Å². The summed E-state index contributed by atoms with van der Waals surface area (Å²) in [5.41, 5.74) is 2.66. The molecule has 5 heteroatoms. The minimum absolute atomic E-state index is 0.0867. The summed E-state index contributed by atoms with van der Waals surface area (Å²) in [6.45, 7) is 0.578. The molecule has 2 fully saturated rings. The van der Waals surface area contributed by atoms with Crippen LogP contribution >= 0.6 is 0 Å². The third-order valence-electron chi connectivity index (χ3n) is 5.49. The number of benzene rings is 1. The van der Waals surface area contributed by atoms with E-state index in [1.165, 1.54) is 43.2 Å². The van der Waals surface area contributed by atoms with E-state index in [1.54, 1.807) is 0 Å². The fourth-order valence-corrected chi connectivity index (χ4v) is 4.07. The molecule has 2 N–H and O–H groups in total. The van der Waals surface area contributed by atoms with E-state index in [1.807, 2.05) is 0 Å². The molecular weight excluding hydrogens is 328 g/mol. The van der Waals surface area contributed by atoms with E-state index in [2.05, 4.69) is 34.9 Å². The first-order valence-corrected chi connectivity index (χ1v) is 9.78. The van der Waals surface area contributed by atoms with Gasteiger partial charge in [0.25, 0.3) is 0 Å². The SMILES string of the molecule is O=C(CC1CC(=O)NC(=O)C1)NCCc1ccc(C2CCCCC2)cc1. The van der Waals surface area contributed by atoms with E-state index >= 15 is 0 Å². The van der Waals surface area contributed by atoms with Crippen LogP contribution in [0.4, 0.5) is 0 Å². The maximum atomic E-state index is 12.0. The van der Waals surface area contributed by atoms with Crippen molar-refractivity contribution in [3.63, 3.8) is 0 Å². The summed E-state index contributed by atoms with van der Waals surface area (Å²) in [5.74, 6) is -0.107. The van der Waals surface area contributed by atoms with Crippen LogP contribution in [-0.4, -0.2) is 24.3 Å². The predicted molar refractivity (Wildman–Crippen MR) is 99.5 cm³/mol. The summed E-state index contributed by atoms with van der Waals surface area (Å²) >= 11 is 0. The number of carbonyl (C=O) groups is 3. The first kappa shape index (κ1) is 18.6. The molecular formula is C21H28N2O3. The van der Waals surface area contributed by atoms with Gasteiger partial charge >= 0.3 is 0 Å². The molecule has 1 aliphatic carbocycles. The van der Waals surface area contributed by atoms with Crippen LogP contribution < -0.4 is 10.6 Å². The van der Waals surface area contributed by atoms with Gasteiger partial charge < -0.3 is 5.32 Å². The quantitative estimate of drug-likeness (QED) is 0.770. The summed E-state index contributed by atoms with van der Waals surface area (Å²) in [6, 6.07) is 8.80. The van der Waals surface area contributed by atoms with Gasteiger partial charge in [0, 0.05) is 25.8 Å². The topological polar surface area (TPSA) is 75.3 Å². The van der Waals surface area contributed by atoms with Gasteiger partial charge in [-0.05, 0) is 42.2 Å². The highest BCUT2D eigenvalue weighted by Gasteiger charge is 2.26. The zero-order valence-electron chi connectivity index (χ0n) is 15.3. The summed E-state index contributed by atoms with van der Waals surface area (Å²) in [6.07, 6.45) is 8.19. The van der Waals surface area contributed by atoms with Gasteiger partial charge in [0.15, 0.2) is 0 Å². The van der Waals surface area contributed by atoms with Crippen LogP contribution in [-0.2, 0) is 20.8 Å². The fourth-order valence-electron chi connectivity index (χ4n) is 4.07. The Morgan fingerprint density at radius 1 is 1.00 bits per heavy atom. The predicted octanol–water partition coefficient (Wildman–Crippen LogP) is 2.84. The maximum absolute atomic E-state index is 12.0. The number of nitrogens with one attached hydrogen (secondary N) is 2. The average Bonchev–Trinajstić information content (AvgIpc) is 2.62. The van der Waals surface area contributed by atoms with Crippen LogP contribution in [0.1, 0.15) is 68.4 Å². The molecule has 1 saturated carbocycles. The number of piperidine rings is 1. The van der Waals surface area contributed by atoms with Crippen molar-refractivity contribution in [1.29, 1.82) is 0 Å². The molecule has 0 spiro atoms. The summed E-state index contributed by atoms with van der Waals surface area (Å²) in [7, 11) is 0. The normalized spacial score (nSPS) is 19.2. The first-order valence-electron chi connectivity index (χ1n) is 9.78. The van der Waals surface area contributed by atoms with Crippen LogP contribution in [0.25, 0.3) is 0 Å². The molecule has 3 amide bonds. The van der Waals surface area contributed by atoms with E-state index < -0.39 is 0 Å². The molecule has 0 aromatic heterocycles. The van der Waals surface area contributed by atoms with E-state index in [0.717, 1.165) is 6.42 Å². The van der Waals surface area contributed by atoms with Crippen molar-refractivity contribution >= 4 is 17.7 Å². The van der Waals surface area contributed by atoms with Crippen LogP contribution in [0.3, 0.4) is 0 Å². The number of amides is 3. The number of hydrogen-bond donors (Lipinski definition) is 2. The minimum Gasteiger partial charge on any atom is -0.356 e. The van der Waals surface area contributed by atoms with Gasteiger partial charge in [-0.15, -0.1) is 0 Å². The van der Waals surface area contributed by atoms with Crippen molar-refractivity contribution in [3.05, 3.63) is 35.4 Å². The molecule has 1 aliphatic heterocycles. The van der Waals surface area contributed by atoms with E-state index in [9.17, 15) is 14.4 Å². The number of carbonyl (C=O) groups excluding carboxylic acids is 3. The highest BCUT2D eigenvalue weighted by Crippen LogP contribution is 2.32. The molecule has 0 unspecified atom stereocenters. The lowest BCUT2D eigenvalue weighted by molar-refractivity contribution is -0.135. The van der Waals surface area contributed by atoms with Crippen LogP contribution in [0.5, 0.6) is 0 Å². The molecule has 0 atom stereocenters. The molecule has 140 valence electrons. The Kier molecular flexibility index (Phi) is 6.42. The summed E-state index contributed by atoms with van der Waals surface area (Å²) in [4.78, 5) is 34.7. The Balaban J connectivity index is 1.39. The second-order valence-electron chi connectivity index (χ2n) is 7.63. The van der Waals surface area contributed by atoms with Crippen LogP contribution in [0.2, 0.25) is 0 Å². The largest absolute Gasteiger partial charge is 0.356 e. The lowest BCUT2D eigenvalue weighted by Crippen LogP contribution is -2.40. The van der Waals surface area contributed by atoms with E-state index in [4.69, 9.17) is 0 Å². The second kappa shape index (κ2) is 8.97. The Hall–Kier alpha value is -2.17. The highest BCUT2D eigenvalue weighted by molar-refractivity contribution is 5.98. The molecule has 5 nitrogen and oxygen atoms in total. The third kappa shape index (κ3) is 5.41. The average molecular weight is 356 g/mol. The molecule has 26 heavy (non-hydrogen) atoms.